The van der Waals surface area contributed by atoms with Gasteiger partial charge < -0.3 is 9.84 Å². The fraction of sp³-hybridized carbons (Fsp3) is 0.250. The van der Waals surface area contributed by atoms with Gasteiger partial charge in [-0.1, -0.05) is 42.5 Å². The third kappa shape index (κ3) is 2.24. The van der Waals surface area contributed by atoms with Gasteiger partial charge in [-0.15, -0.1) is 0 Å². The van der Waals surface area contributed by atoms with E-state index in [1.807, 2.05) is 30.3 Å². The zero-order valence-corrected chi connectivity index (χ0v) is 10.2. The van der Waals surface area contributed by atoms with Crippen LogP contribution in [-0.4, -0.2) is 17.3 Å². The molecule has 0 amide bonds. The van der Waals surface area contributed by atoms with Crippen molar-refractivity contribution in [2.75, 3.05) is 6.61 Å². The smallest absolute Gasteiger partial charge is 0.132 e. The molecule has 3 rings (SSSR count). The molecule has 2 heteroatoms. The first-order valence-corrected chi connectivity index (χ1v) is 6.27. The Hall–Kier alpha value is -1.80. The van der Waals surface area contributed by atoms with E-state index in [1.165, 1.54) is 11.1 Å². The molecule has 1 aliphatic carbocycles. The molecule has 2 aromatic carbocycles. The fourth-order valence-corrected chi connectivity index (χ4v) is 2.03. The molecular formula is C16H16O2. The Balaban J connectivity index is 1.77. The second-order valence-corrected chi connectivity index (χ2v) is 4.83. The summed E-state index contributed by atoms with van der Waals surface area (Å²) in [5.41, 5.74) is 2.08. The molecule has 0 aromatic heterocycles. The zero-order chi connectivity index (χ0) is 12.4. The van der Waals surface area contributed by atoms with E-state index in [2.05, 4.69) is 24.3 Å². The highest BCUT2D eigenvalue weighted by Gasteiger charge is 2.44. The van der Waals surface area contributed by atoms with Gasteiger partial charge >= 0.3 is 0 Å². The van der Waals surface area contributed by atoms with Gasteiger partial charge in [-0.2, -0.15) is 0 Å². The van der Waals surface area contributed by atoms with Crippen molar-refractivity contribution >= 4 is 0 Å². The van der Waals surface area contributed by atoms with Crippen LogP contribution in [0.3, 0.4) is 0 Å². The molecule has 1 saturated carbocycles. The topological polar surface area (TPSA) is 29.5 Å². The third-order valence-electron chi connectivity index (χ3n) is 3.39. The lowest BCUT2D eigenvalue weighted by atomic mass is 10.1. The van der Waals surface area contributed by atoms with Crippen molar-refractivity contribution in [2.24, 2.45) is 0 Å². The molecule has 0 saturated heterocycles. The molecule has 0 bridgehead atoms. The first kappa shape index (κ1) is 11.3. The maximum atomic E-state index is 9.23. The molecule has 0 heterocycles. The van der Waals surface area contributed by atoms with Gasteiger partial charge in [0.25, 0.3) is 0 Å². The second-order valence-electron chi connectivity index (χ2n) is 4.83. The molecule has 0 atom stereocenters. The minimum absolute atomic E-state index is 0.105. The number of ether oxygens (including phenoxy) is 1. The predicted molar refractivity (Wildman–Crippen MR) is 71.6 cm³/mol. The molecular weight excluding hydrogens is 224 g/mol. The van der Waals surface area contributed by atoms with Crippen LogP contribution in [0.15, 0.2) is 54.6 Å². The van der Waals surface area contributed by atoms with Crippen LogP contribution in [0, 0.1) is 0 Å². The van der Waals surface area contributed by atoms with E-state index >= 15 is 0 Å². The average Bonchev–Trinajstić information content (AvgIpc) is 3.21. The van der Waals surface area contributed by atoms with Crippen LogP contribution in [0.2, 0.25) is 0 Å². The van der Waals surface area contributed by atoms with Crippen molar-refractivity contribution < 1.29 is 9.84 Å². The molecule has 0 aliphatic heterocycles. The molecule has 0 unspecified atom stereocenters. The first-order chi connectivity index (χ1) is 8.81. The van der Waals surface area contributed by atoms with E-state index in [4.69, 9.17) is 4.74 Å². The highest BCUT2D eigenvalue weighted by Crippen LogP contribution is 2.39. The van der Waals surface area contributed by atoms with Crippen LogP contribution in [0.4, 0.5) is 0 Å². The number of benzene rings is 2. The van der Waals surface area contributed by atoms with E-state index in [0.29, 0.717) is 0 Å². The van der Waals surface area contributed by atoms with Crippen LogP contribution in [0.25, 0.3) is 11.1 Å². The maximum absolute atomic E-state index is 9.23. The van der Waals surface area contributed by atoms with Gasteiger partial charge in [-0.05, 0) is 36.1 Å². The van der Waals surface area contributed by atoms with Crippen molar-refractivity contribution in [2.45, 2.75) is 18.4 Å². The summed E-state index contributed by atoms with van der Waals surface area (Å²) in [5.74, 6) is 0.834. The number of aliphatic hydroxyl groups is 1. The lowest BCUT2D eigenvalue weighted by Crippen LogP contribution is -2.22. The van der Waals surface area contributed by atoms with Crippen molar-refractivity contribution in [3.05, 3.63) is 54.6 Å². The Morgan fingerprint density at radius 1 is 0.889 bits per heavy atom. The Bertz CT molecular complexity index is 513. The lowest BCUT2D eigenvalue weighted by molar-refractivity contribution is 0.0954. The molecule has 1 aliphatic rings. The summed E-state index contributed by atoms with van der Waals surface area (Å²) in [7, 11) is 0. The normalized spacial score (nSPS) is 16.3. The van der Waals surface area contributed by atoms with E-state index in [0.717, 1.165) is 18.6 Å². The Kier molecular flexibility index (Phi) is 2.80. The second kappa shape index (κ2) is 4.46. The van der Waals surface area contributed by atoms with Crippen molar-refractivity contribution in [1.29, 1.82) is 0 Å². The van der Waals surface area contributed by atoms with E-state index in [9.17, 15) is 5.11 Å². The van der Waals surface area contributed by atoms with Gasteiger partial charge in [-0.3, -0.25) is 0 Å². The number of rotatable bonds is 4. The SMILES string of the molecule is OCC1(Oc2ccc(-c3ccccc3)cc2)CC1. The van der Waals surface area contributed by atoms with Crippen molar-refractivity contribution in [1.82, 2.24) is 0 Å². The summed E-state index contributed by atoms with van der Waals surface area (Å²) in [5, 5.41) is 9.23. The third-order valence-corrected chi connectivity index (χ3v) is 3.39. The van der Waals surface area contributed by atoms with Crippen LogP contribution in [0.5, 0.6) is 5.75 Å². The zero-order valence-electron chi connectivity index (χ0n) is 10.2. The highest BCUT2D eigenvalue weighted by molar-refractivity contribution is 5.63. The summed E-state index contributed by atoms with van der Waals surface area (Å²) in [4.78, 5) is 0. The largest absolute Gasteiger partial charge is 0.485 e. The predicted octanol–water partition coefficient (Wildman–Crippen LogP) is 3.26. The summed E-state index contributed by atoms with van der Waals surface area (Å²) in [6.07, 6.45) is 1.90. The molecule has 1 fully saturated rings. The quantitative estimate of drug-likeness (QED) is 0.888. The highest BCUT2D eigenvalue weighted by atomic mass is 16.5. The molecule has 1 N–H and O–H groups in total. The van der Waals surface area contributed by atoms with Crippen LogP contribution >= 0.6 is 0 Å². The van der Waals surface area contributed by atoms with Gasteiger partial charge in [0.2, 0.25) is 0 Å². The van der Waals surface area contributed by atoms with Gasteiger partial charge in [0.05, 0.1) is 6.61 Å². The Labute approximate surface area is 107 Å². The summed E-state index contributed by atoms with van der Waals surface area (Å²) < 4.78 is 5.80. The molecule has 0 radical (unpaired) electrons. The van der Waals surface area contributed by atoms with Crippen molar-refractivity contribution in [3.8, 4) is 16.9 Å². The molecule has 18 heavy (non-hydrogen) atoms. The molecule has 2 nitrogen and oxygen atoms in total. The minimum Gasteiger partial charge on any atom is -0.485 e. The molecule has 0 spiro atoms. The van der Waals surface area contributed by atoms with Crippen LogP contribution < -0.4 is 4.74 Å². The monoisotopic (exact) mass is 240 g/mol. The summed E-state index contributed by atoms with van der Waals surface area (Å²) in [6.45, 7) is 0.105. The number of hydrogen-bond acceptors (Lipinski definition) is 2. The van der Waals surface area contributed by atoms with Gasteiger partial charge in [-0.25, -0.2) is 0 Å². The van der Waals surface area contributed by atoms with Crippen LogP contribution in [-0.2, 0) is 0 Å². The average molecular weight is 240 g/mol. The lowest BCUT2D eigenvalue weighted by Gasteiger charge is -2.15. The van der Waals surface area contributed by atoms with E-state index in [1.54, 1.807) is 0 Å². The van der Waals surface area contributed by atoms with E-state index < -0.39 is 0 Å². The van der Waals surface area contributed by atoms with E-state index in [-0.39, 0.29) is 12.2 Å². The standard InChI is InChI=1S/C16H16O2/c17-12-16(10-11-16)18-15-8-6-14(7-9-15)13-4-2-1-3-5-13/h1-9,17H,10-12H2. The fourth-order valence-electron chi connectivity index (χ4n) is 2.03. The van der Waals surface area contributed by atoms with Crippen molar-refractivity contribution in [3.63, 3.8) is 0 Å². The minimum atomic E-state index is -0.297. The van der Waals surface area contributed by atoms with Gasteiger partial charge in [0.15, 0.2) is 0 Å². The van der Waals surface area contributed by atoms with Gasteiger partial charge in [0.1, 0.15) is 11.4 Å². The molecule has 2 aromatic rings. The van der Waals surface area contributed by atoms with Gasteiger partial charge in [0, 0.05) is 0 Å². The Morgan fingerprint density at radius 2 is 1.50 bits per heavy atom. The first-order valence-electron chi connectivity index (χ1n) is 6.27. The maximum Gasteiger partial charge on any atom is 0.132 e. The molecule has 92 valence electrons. The number of hydrogen-bond donors (Lipinski definition) is 1. The summed E-state index contributed by atoms with van der Waals surface area (Å²) in [6, 6.07) is 18.3. The summed E-state index contributed by atoms with van der Waals surface area (Å²) >= 11 is 0. The van der Waals surface area contributed by atoms with Crippen LogP contribution in [0.1, 0.15) is 12.8 Å². The Morgan fingerprint density at radius 3 is 2.06 bits per heavy atom. The number of aliphatic hydroxyl groups excluding tert-OH is 1.